The minimum absolute atomic E-state index is 0. The van der Waals surface area contributed by atoms with E-state index in [1.165, 1.54) is 24.8 Å². The van der Waals surface area contributed by atoms with Crippen LogP contribution in [0.25, 0.3) is 27.1 Å². The molecule has 5 rings (SSSR count). The molecule has 0 bridgehead atoms. The summed E-state index contributed by atoms with van der Waals surface area (Å²) in [6.45, 7) is 2.22. The summed E-state index contributed by atoms with van der Waals surface area (Å²) in [5.41, 5.74) is 2.41. The van der Waals surface area contributed by atoms with Gasteiger partial charge in [0.05, 0.1) is 0 Å². The number of aromatic nitrogens is 2. The van der Waals surface area contributed by atoms with Crippen molar-refractivity contribution in [3.05, 3.63) is 89.8 Å². The first kappa shape index (κ1) is 24.7. The summed E-state index contributed by atoms with van der Waals surface area (Å²) in [5, 5.41) is 25.8. The number of hydrogen-bond donors (Lipinski definition) is 2. The van der Waals surface area contributed by atoms with Gasteiger partial charge in [0.15, 0.2) is 0 Å². The molecule has 164 valence electrons. The zero-order valence-corrected chi connectivity index (χ0v) is 21.0. The van der Waals surface area contributed by atoms with Crippen LogP contribution in [0.2, 0.25) is 0 Å². The molecular weight excluding hydrogens is 490 g/mol. The molecule has 2 N–H and O–H groups in total. The van der Waals surface area contributed by atoms with Gasteiger partial charge in [-0.15, -0.1) is 6.42 Å². The molecule has 33 heavy (non-hydrogen) atoms. The Morgan fingerprint density at radius 1 is 0.848 bits per heavy atom. The minimum Gasteiger partial charge on any atom is -0.507 e. The van der Waals surface area contributed by atoms with Gasteiger partial charge in [-0.2, -0.15) is 6.08 Å². The van der Waals surface area contributed by atoms with Crippen LogP contribution in [0.5, 0.6) is 11.5 Å². The van der Waals surface area contributed by atoms with E-state index in [4.69, 9.17) is 0 Å². The molecule has 0 amide bonds. The molecule has 0 fully saturated rings. The number of benzene rings is 2. The van der Waals surface area contributed by atoms with Gasteiger partial charge >= 0.3 is 26.2 Å². The van der Waals surface area contributed by atoms with E-state index >= 15 is 0 Å². The minimum atomic E-state index is 0. The molecule has 2 aromatic carbocycles. The number of allylic oxidation sites excluding steroid dienone is 4. The Bertz CT molecular complexity index is 1220. The van der Waals surface area contributed by atoms with Gasteiger partial charge in [0.2, 0.25) is 0 Å². The predicted molar refractivity (Wildman–Crippen MR) is 130 cm³/mol. The number of aromatic hydroxyl groups is 2. The van der Waals surface area contributed by atoms with Gasteiger partial charge in [-0.05, 0) is 35.0 Å². The topological polar surface area (TPSA) is 80.3 Å². The molecule has 5 nitrogen and oxygen atoms in total. The summed E-state index contributed by atoms with van der Waals surface area (Å²) in [6, 6.07) is 17.7. The van der Waals surface area contributed by atoms with Crippen molar-refractivity contribution < 1.29 is 36.4 Å². The molecule has 6 heteroatoms. The molecule has 0 saturated carbocycles. The van der Waals surface area contributed by atoms with Gasteiger partial charge in [0.25, 0.3) is 0 Å². The van der Waals surface area contributed by atoms with Crippen LogP contribution in [-0.2, 0) is 26.2 Å². The van der Waals surface area contributed by atoms with Crippen LogP contribution in [0.15, 0.2) is 78.4 Å². The molecule has 4 aromatic rings. The van der Waals surface area contributed by atoms with E-state index in [9.17, 15) is 10.2 Å². The van der Waals surface area contributed by atoms with E-state index in [0.29, 0.717) is 22.7 Å². The van der Waals surface area contributed by atoms with Gasteiger partial charge in [0, 0.05) is 22.7 Å². The summed E-state index contributed by atoms with van der Waals surface area (Å²) in [7, 11) is 0. The maximum absolute atomic E-state index is 9.89. The van der Waals surface area contributed by atoms with Gasteiger partial charge in [-0.3, -0.25) is 6.08 Å². The maximum Gasteiger partial charge on any atom is 2.00 e. The van der Waals surface area contributed by atoms with Crippen molar-refractivity contribution in [2.45, 2.75) is 32.6 Å². The number of rotatable bonds is 5. The molecule has 1 aliphatic rings. The molecule has 2 heterocycles. The van der Waals surface area contributed by atoms with Crippen LogP contribution in [0.1, 0.15) is 32.6 Å². The zero-order chi connectivity index (χ0) is 22.3. The normalized spacial score (nSPS) is 12.1. The van der Waals surface area contributed by atoms with Crippen LogP contribution in [0.4, 0.5) is 11.6 Å². The average molecular weight is 515 g/mol. The molecule has 2 aromatic heterocycles. The Morgan fingerprint density at radius 3 is 1.91 bits per heavy atom. The van der Waals surface area contributed by atoms with Crippen molar-refractivity contribution in [2.75, 3.05) is 0 Å². The molecule has 0 aliphatic heterocycles. The number of unbranched alkanes of at least 4 members (excludes halogenated alkanes) is 1. The first-order chi connectivity index (χ1) is 15.6. The number of nitrogens with zero attached hydrogens (tertiary/aromatic N) is 3. The number of hydrogen-bond acceptors (Lipinski definition) is 4. The van der Waals surface area contributed by atoms with Gasteiger partial charge < -0.3 is 25.5 Å². The number of phenols is 2. The van der Waals surface area contributed by atoms with Gasteiger partial charge in [-0.25, -0.2) is 11.6 Å². The fourth-order valence-electron chi connectivity index (χ4n) is 3.47. The van der Waals surface area contributed by atoms with E-state index in [-0.39, 0.29) is 37.7 Å². The predicted octanol–water partition coefficient (Wildman–Crippen LogP) is 7.39. The Labute approximate surface area is 213 Å². The van der Waals surface area contributed by atoms with Gasteiger partial charge in [-0.1, -0.05) is 62.6 Å². The summed E-state index contributed by atoms with van der Waals surface area (Å²) in [5.74, 6) is 1.12. The molecule has 0 unspecified atom stereocenters. The van der Waals surface area contributed by atoms with Gasteiger partial charge in [0.1, 0.15) is 11.5 Å². The van der Waals surface area contributed by atoms with Crippen molar-refractivity contribution in [1.82, 2.24) is 9.97 Å². The quantitative estimate of drug-likeness (QED) is 0.272. The number of fused-ring (bicyclic) bond motifs is 2. The third kappa shape index (κ3) is 6.30. The van der Waals surface area contributed by atoms with E-state index < -0.39 is 0 Å². The van der Waals surface area contributed by atoms with Crippen molar-refractivity contribution in [2.24, 2.45) is 0 Å². The van der Waals surface area contributed by atoms with Crippen LogP contribution < -0.4 is 0 Å². The third-order valence-electron chi connectivity index (χ3n) is 5.16. The van der Waals surface area contributed by atoms with E-state index in [1.807, 2.05) is 24.3 Å². The fraction of sp³-hybridized carbons (Fsp3) is 0.185. The first-order valence-corrected chi connectivity index (χ1v) is 10.8. The second-order valence-electron chi connectivity index (χ2n) is 7.56. The van der Waals surface area contributed by atoms with Crippen molar-refractivity contribution in [1.29, 1.82) is 0 Å². The summed E-state index contributed by atoms with van der Waals surface area (Å²) >= 11 is 0. The molecule has 0 atom stereocenters. The van der Waals surface area contributed by atoms with E-state index in [2.05, 4.69) is 40.4 Å². The zero-order valence-electron chi connectivity index (χ0n) is 18.5. The number of pyridine rings is 2. The van der Waals surface area contributed by atoms with Crippen molar-refractivity contribution >= 4 is 33.4 Å². The fourth-order valence-corrected chi connectivity index (χ4v) is 3.47. The largest absolute Gasteiger partial charge is 2.00 e. The number of para-hydroxylation sites is 2. The molecule has 0 spiro atoms. The van der Waals surface area contributed by atoms with Crippen LogP contribution >= 0.6 is 0 Å². The Balaban J connectivity index is 0.000000260. The summed E-state index contributed by atoms with van der Waals surface area (Å²) < 4.78 is 0. The molecule has 0 saturated heterocycles. The van der Waals surface area contributed by atoms with Crippen LogP contribution in [0, 0.1) is 6.08 Å². The van der Waals surface area contributed by atoms with Crippen molar-refractivity contribution in [3.63, 3.8) is 0 Å². The maximum atomic E-state index is 9.89. The standard InChI is InChI=1S/C18H12N3O2.C9H13.Zr/c22-13-5-1-3-11-7-9-15(20-17(11)13)19-16-10-8-12-4-2-6-14(23)18(12)21-16;1-2-3-6-9-7-4-5-8-9;/h1-10H,(H2-,19,20,21,22,23);4,7H,2-3,5-6H2,1H3;/q2*-1;+2. The monoisotopic (exact) mass is 513 g/mol. The third-order valence-corrected chi connectivity index (χ3v) is 5.16. The average Bonchev–Trinajstić information content (AvgIpc) is 3.33. The van der Waals surface area contributed by atoms with Crippen LogP contribution in [0.3, 0.4) is 0 Å². The smallest absolute Gasteiger partial charge is 0.507 e. The SMILES string of the molecule is CCCCC1=[C-]CC=C1.Oc1cccc2ccc([N-]c3ccc4cccc(O)c4n3)nc12.[Zr+2]. The second kappa shape index (κ2) is 11.8. The van der Waals surface area contributed by atoms with E-state index in [1.54, 1.807) is 36.4 Å². The first-order valence-electron chi connectivity index (χ1n) is 10.8. The van der Waals surface area contributed by atoms with Crippen LogP contribution in [-0.4, -0.2) is 20.2 Å². The summed E-state index contributed by atoms with van der Waals surface area (Å²) in [6.07, 6.45) is 12.5. The molecular formula is C27H25N3O2Zr. The molecule has 1 aliphatic carbocycles. The van der Waals surface area contributed by atoms with E-state index in [0.717, 1.165) is 17.2 Å². The Hall–Kier alpha value is -2.98. The van der Waals surface area contributed by atoms with Crippen molar-refractivity contribution in [3.8, 4) is 11.5 Å². The number of phenolic OH excluding ortho intramolecular Hbond substituents is 2. The summed E-state index contributed by atoms with van der Waals surface area (Å²) in [4.78, 5) is 8.71. The Morgan fingerprint density at radius 2 is 1.42 bits per heavy atom. The second-order valence-corrected chi connectivity index (χ2v) is 7.56. The molecule has 0 radical (unpaired) electrons. The Kier molecular flexibility index (Phi) is 8.79.